The molecule has 138 valence electrons. The van der Waals surface area contributed by atoms with Crippen LogP contribution in [0.25, 0.3) is 0 Å². The first-order chi connectivity index (χ1) is 11.9. The molecule has 3 aliphatic rings. The van der Waals surface area contributed by atoms with E-state index >= 15 is 0 Å². The first-order valence-electron chi connectivity index (χ1n) is 9.06. The van der Waals surface area contributed by atoms with Crippen molar-refractivity contribution in [2.24, 2.45) is 5.92 Å². The lowest BCUT2D eigenvalue weighted by molar-refractivity contribution is -0.142. The van der Waals surface area contributed by atoms with Gasteiger partial charge in [0, 0.05) is 31.1 Å². The smallest absolute Gasteiger partial charge is 0.226 e. The highest BCUT2D eigenvalue weighted by Crippen LogP contribution is 2.41. The van der Waals surface area contributed by atoms with Gasteiger partial charge in [0.25, 0.3) is 0 Å². The highest BCUT2D eigenvalue weighted by molar-refractivity contribution is 7.88. The minimum atomic E-state index is -3.15. The lowest BCUT2D eigenvalue weighted by Crippen LogP contribution is -2.51. The van der Waals surface area contributed by atoms with E-state index in [-0.39, 0.29) is 30.0 Å². The number of carbonyl (C=O) groups is 1. The number of aromatic nitrogens is 3. The topological polar surface area (TPSA) is 88.4 Å². The van der Waals surface area contributed by atoms with E-state index < -0.39 is 10.0 Å². The third-order valence-electron chi connectivity index (χ3n) is 6.00. The Labute approximate surface area is 148 Å². The lowest BCUT2D eigenvalue weighted by Gasteiger charge is -2.41. The number of hydrogen-bond acceptors (Lipinski definition) is 5. The van der Waals surface area contributed by atoms with Gasteiger partial charge in [-0.2, -0.15) is 15.0 Å². The maximum atomic E-state index is 13.1. The van der Waals surface area contributed by atoms with Gasteiger partial charge in [-0.3, -0.25) is 4.79 Å². The van der Waals surface area contributed by atoms with Crippen LogP contribution >= 0.6 is 0 Å². The van der Waals surface area contributed by atoms with E-state index in [4.69, 9.17) is 0 Å². The van der Waals surface area contributed by atoms with Gasteiger partial charge in [-0.05, 0) is 38.5 Å². The van der Waals surface area contributed by atoms with E-state index in [2.05, 4.69) is 15.1 Å². The van der Waals surface area contributed by atoms with Gasteiger partial charge in [-0.25, -0.2) is 12.7 Å². The van der Waals surface area contributed by atoms with Crippen molar-refractivity contribution < 1.29 is 13.2 Å². The molecule has 2 unspecified atom stereocenters. The molecule has 0 aliphatic carbocycles. The highest BCUT2D eigenvalue weighted by Gasteiger charge is 2.46. The van der Waals surface area contributed by atoms with Gasteiger partial charge >= 0.3 is 0 Å². The first kappa shape index (κ1) is 17.0. The number of fused-ring (bicyclic) bond motifs is 2. The van der Waals surface area contributed by atoms with Crippen molar-refractivity contribution in [3.63, 3.8) is 0 Å². The van der Waals surface area contributed by atoms with Gasteiger partial charge in [0.05, 0.1) is 24.7 Å². The number of hydrogen-bond donors (Lipinski definition) is 0. The van der Waals surface area contributed by atoms with Crippen molar-refractivity contribution in [3.8, 4) is 0 Å². The van der Waals surface area contributed by atoms with Crippen molar-refractivity contribution in [3.05, 3.63) is 12.4 Å². The third-order valence-corrected chi connectivity index (χ3v) is 7.30. The van der Waals surface area contributed by atoms with Gasteiger partial charge in [0.1, 0.15) is 0 Å². The fourth-order valence-corrected chi connectivity index (χ4v) is 5.63. The van der Waals surface area contributed by atoms with E-state index in [9.17, 15) is 13.2 Å². The second-order valence-electron chi connectivity index (χ2n) is 7.54. The van der Waals surface area contributed by atoms with Crippen LogP contribution in [0.15, 0.2) is 12.4 Å². The summed E-state index contributed by atoms with van der Waals surface area (Å²) in [6, 6.07) is 0.828. The van der Waals surface area contributed by atoms with Crippen LogP contribution in [0.3, 0.4) is 0 Å². The summed E-state index contributed by atoms with van der Waals surface area (Å²) in [4.78, 5) is 17.0. The van der Waals surface area contributed by atoms with Gasteiger partial charge < -0.3 is 4.90 Å². The summed E-state index contributed by atoms with van der Waals surface area (Å²) in [6.45, 7) is 0.913. The molecule has 0 N–H and O–H groups in total. The number of carbonyl (C=O) groups excluding carboxylic acids is 1. The molecule has 0 aromatic carbocycles. The Morgan fingerprint density at radius 2 is 1.52 bits per heavy atom. The molecule has 0 radical (unpaired) electrons. The quantitative estimate of drug-likeness (QED) is 0.782. The van der Waals surface area contributed by atoms with Crippen LogP contribution in [0.2, 0.25) is 0 Å². The van der Waals surface area contributed by atoms with Crippen molar-refractivity contribution in [1.82, 2.24) is 24.2 Å². The largest absolute Gasteiger partial charge is 0.336 e. The molecule has 4 rings (SSSR count). The standard InChI is InChI=1S/C16H25N5O3S/c1-25(23,24)19-8-4-12(5-9-19)16(22)20-13-2-3-14(20)11-15(10-13)21-17-6-7-18-21/h6-7,12-15H,2-5,8-11H2,1H3. The predicted molar refractivity (Wildman–Crippen MR) is 91.1 cm³/mol. The van der Waals surface area contributed by atoms with Gasteiger partial charge in [0.15, 0.2) is 0 Å². The molecule has 3 aliphatic heterocycles. The molecule has 1 aromatic heterocycles. The molecule has 3 fully saturated rings. The Bertz CT molecular complexity index is 713. The number of rotatable bonds is 3. The summed E-state index contributed by atoms with van der Waals surface area (Å²) in [5.41, 5.74) is 0. The van der Waals surface area contributed by atoms with Crippen LogP contribution < -0.4 is 0 Å². The Hall–Kier alpha value is -1.48. The Kier molecular flexibility index (Phi) is 4.31. The molecule has 9 heteroatoms. The minimum Gasteiger partial charge on any atom is -0.336 e. The average molecular weight is 367 g/mol. The van der Waals surface area contributed by atoms with E-state index in [0.717, 1.165) is 25.7 Å². The summed E-state index contributed by atoms with van der Waals surface area (Å²) in [5.74, 6) is 0.188. The summed E-state index contributed by atoms with van der Waals surface area (Å²) in [5, 5.41) is 8.53. The lowest BCUT2D eigenvalue weighted by atomic mass is 9.92. The maximum absolute atomic E-state index is 13.1. The molecule has 0 spiro atoms. The molecule has 25 heavy (non-hydrogen) atoms. The van der Waals surface area contributed by atoms with Crippen LogP contribution in [0.4, 0.5) is 0 Å². The van der Waals surface area contributed by atoms with Crippen LogP contribution in [0.5, 0.6) is 0 Å². The zero-order valence-electron chi connectivity index (χ0n) is 14.5. The second kappa shape index (κ2) is 6.35. The second-order valence-corrected chi connectivity index (χ2v) is 9.52. The number of sulfonamides is 1. The maximum Gasteiger partial charge on any atom is 0.226 e. The van der Waals surface area contributed by atoms with E-state index in [1.54, 1.807) is 17.2 Å². The first-order valence-corrected chi connectivity index (χ1v) is 10.9. The SMILES string of the molecule is CS(=O)(=O)N1CCC(C(=O)N2C3CCC2CC(n2nccn2)C3)CC1. The number of piperidine rings is 2. The van der Waals surface area contributed by atoms with Crippen LogP contribution in [0, 0.1) is 5.92 Å². The van der Waals surface area contributed by atoms with Crippen molar-refractivity contribution in [1.29, 1.82) is 0 Å². The minimum absolute atomic E-state index is 0.0412. The fraction of sp³-hybridized carbons (Fsp3) is 0.812. The normalized spacial score (nSPS) is 31.4. The summed E-state index contributed by atoms with van der Waals surface area (Å²) in [7, 11) is -3.15. The molecule has 0 saturated carbocycles. The Morgan fingerprint density at radius 3 is 2.04 bits per heavy atom. The molecule has 1 aromatic rings. The zero-order chi connectivity index (χ0) is 17.6. The van der Waals surface area contributed by atoms with Crippen molar-refractivity contribution in [2.45, 2.75) is 56.7 Å². The average Bonchev–Trinajstić information content (AvgIpc) is 3.20. The van der Waals surface area contributed by atoms with Crippen molar-refractivity contribution in [2.75, 3.05) is 19.3 Å². The van der Waals surface area contributed by atoms with Crippen LogP contribution in [-0.2, 0) is 14.8 Å². The van der Waals surface area contributed by atoms with E-state index in [0.29, 0.717) is 25.9 Å². The van der Waals surface area contributed by atoms with Crippen LogP contribution in [-0.4, -0.2) is 70.0 Å². The summed E-state index contributed by atoms with van der Waals surface area (Å²) in [6.07, 6.45) is 9.84. The third kappa shape index (κ3) is 3.19. The van der Waals surface area contributed by atoms with Gasteiger partial charge in [-0.1, -0.05) is 0 Å². The van der Waals surface area contributed by atoms with E-state index in [1.165, 1.54) is 10.6 Å². The Morgan fingerprint density at radius 1 is 0.960 bits per heavy atom. The van der Waals surface area contributed by atoms with Crippen molar-refractivity contribution >= 4 is 15.9 Å². The molecular formula is C16H25N5O3S. The van der Waals surface area contributed by atoms with Gasteiger partial charge in [0.2, 0.25) is 15.9 Å². The van der Waals surface area contributed by atoms with Gasteiger partial charge in [-0.15, -0.1) is 0 Å². The molecular weight excluding hydrogens is 342 g/mol. The molecule has 3 saturated heterocycles. The number of nitrogens with zero attached hydrogens (tertiary/aromatic N) is 5. The summed E-state index contributed by atoms with van der Waals surface area (Å²) < 4.78 is 24.8. The number of amides is 1. The fourth-order valence-electron chi connectivity index (χ4n) is 4.76. The predicted octanol–water partition coefficient (Wildman–Crippen LogP) is 0.644. The van der Waals surface area contributed by atoms with Crippen LogP contribution in [0.1, 0.15) is 44.6 Å². The molecule has 2 atom stereocenters. The molecule has 4 heterocycles. The molecule has 2 bridgehead atoms. The molecule has 1 amide bonds. The monoisotopic (exact) mass is 367 g/mol. The zero-order valence-corrected chi connectivity index (χ0v) is 15.3. The summed E-state index contributed by atoms with van der Waals surface area (Å²) >= 11 is 0. The molecule has 8 nitrogen and oxygen atoms in total. The highest BCUT2D eigenvalue weighted by atomic mass is 32.2. The van der Waals surface area contributed by atoms with E-state index in [1.807, 2.05) is 0 Å². The Balaban J connectivity index is 1.41.